The Bertz CT molecular complexity index is 228. The molecule has 9 heavy (non-hydrogen) atoms. The fourth-order valence-corrected chi connectivity index (χ4v) is 0.567. The summed E-state index contributed by atoms with van der Waals surface area (Å²) in [5.41, 5.74) is 0.935. The highest BCUT2D eigenvalue weighted by molar-refractivity contribution is 5.19. The second kappa shape index (κ2) is 1.97. The summed E-state index contributed by atoms with van der Waals surface area (Å²) in [4.78, 5) is 13.6. The zero-order valence-corrected chi connectivity index (χ0v) is 5.33. The summed E-state index contributed by atoms with van der Waals surface area (Å²) in [6, 6.07) is 0. The molecule has 0 aliphatic carbocycles. The Morgan fingerprint density at radius 2 is 2.44 bits per heavy atom. The van der Waals surface area contributed by atoms with Gasteiger partial charge in [-0.2, -0.15) is 0 Å². The fraction of sp³-hybridized carbons (Fsp3) is 0.400. The van der Waals surface area contributed by atoms with E-state index in [1.807, 2.05) is 6.92 Å². The number of aryl methyl sites for hydroxylation is 1. The third-order valence-electron chi connectivity index (χ3n) is 1.28. The lowest BCUT2D eigenvalue weighted by Gasteiger charge is -1.91. The van der Waals surface area contributed by atoms with E-state index >= 15 is 0 Å². The van der Waals surface area contributed by atoms with E-state index in [1.165, 1.54) is 0 Å². The van der Waals surface area contributed by atoms with Gasteiger partial charge in [0.05, 0.1) is 6.20 Å². The van der Waals surface area contributed by atoms with E-state index in [9.17, 15) is 4.91 Å². The molecule has 0 aromatic carbocycles. The normalized spacial score (nSPS) is 9.56. The quantitative estimate of drug-likeness (QED) is 0.528. The van der Waals surface area contributed by atoms with Crippen LogP contribution in [0.2, 0.25) is 0 Å². The van der Waals surface area contributed by atoms with Gasteiger partial charge in [0.25, 0.3) is 5.95 Å². The van der Waals surface area contributed by atoms with Crippen molar-refractivity contribution in [2.24, 2.45) is 12.2 Å². The van der Waals surface area contributed by atoms with Crippen LogP contribution in [0.3, 0.4) is 0 Å². The molecule has 0 unspecified atom stereocenters. The number of nitrogens with zero attached hydrogens (tertiary/aromatic N) is 3. The second-order valence-electron chi connectivity index (χ2n) is 1.85. The lowest BCUT2D eigenvalue weighted by atomic mass is 10.5. The van der Waals surface area contributed by atoms with Crippen LogP contribution >= 0.6 is 0 Å². The van der Waals surface area contributed by atoms with Gasteiger partial charge in [-0.05, 0) is 6.92 Å². The van der Waals surface area contributed by atoms with E-state index < -0.39 is 0 Å². The summed E-state index contributed by atoms with van der Waals surface area (Å²) >= 11 is 0. The third-order valence-corrected chi connectivity index (χ3v) is 1.28. The molecule has 0 atom stereocenters. The molecule has 0 aliphatic heterocycles. The van der Waals surface area contributed by atoms with E-state index in [0.29, 0.717) is 0 Å². The molecule has 1 aromatic rings. The van der Waals surface area contributed by atoms with E-state index in [4.69, 9.17) is 0 Å². The van der Waals surface area contributed by atoms with Gasteiger partial charge in [-0.15, -0.1) is 4.91 Å². The molecule has 0 fully saturated rings. The minimum Gasteiger partial charge on any atom is -0.313 e. The van der Waals surface area contributed by atoms with Gasteiger partial charge in [0.1, 0.15) is 0 Å². The van der Waals surface area contributed by atoms with Crippen molar-refractivity contribution in [2.45, 2.75) is 6.92 Å². The number of aromatic nitrogens is 2. The highest BCUT2D eigenvalue weighted by atomic mass is 16.3. The van der Waals surface area contributed by atoms with Gasteiger partial charge in [-0.3, -0.25) is 0 Å². The Kier molecular flexibility index (Phi) is 1.30. The zero-order chi connectivity index (χ0) is 6.85. The number of hydrogen-bond acceptors (Lipinski definition) is 3. The smallest absolute Gasteiger partial charge is 0.271 e. The molecule has 1 heterocycles. The first-order valence-electron chi connectivity index (χ1n) is 2.57. The summed E-state index contributed by atoms with van der Waals surface area (Å²) in [5.74, 6) is 0.229. The Morgan fingerprint density at radius 3 is 2.67 bits per heavy atom. The minimum absolute atomic E-state index is 0.229. The van der Waals surface area contributed by atoms with Crippen LogP contribution in [0.25, 0.3) is 0 Å². The van der Waals surface area contributed by atoms with E-state index in [1.54, 1.807) is 17.8 Å². The largest absolute Gasteiger partial charge is 0.313 e. The average Bonchev–Trinajstić information content (AvgIpc) is 2.15. The van der Waals surface area contributed by atoms with Crippen LogP contribution in [0.4, 0.5) is 5.95 Å². The highest BCUT2D eigenvalue weighted by Crippen LogP contribution is 2.08. The molecule has 0 N–H and O–H groups in total. The number of imidazole rings is 1. The van der Waals surface area contributed by atoms with Crippen LogP contribution in [0, 0.1) is 11.8 Å². The zero-order valence-electron chi connectivity index (χ0n) is 5.33. The van der Waals surface area contributed by atoms with Gasteiger partial charge in [0.15, 0.2) is 0 Å². The van der Waals surface area contributed by atoms with E-state index in [0.717, 1.165) is 5.69 Å². The molecule has 48 valence electrons. The Morgan fingerprint density at radius 1 is 1.78 bits per heavy atom. The molecule has 0 aliphatic rings. The van der Waals surface area contributed by atoms with Crippen LogP contribution < -0.4 is 0 Å². The molecule has 0 saturated carbocycles. The van der Waals surface area contributed by atoms with Crippen molar-refractivity contribution in [1.82, 2.24) is 9.55 Å². The number of hydrogen-bond donors (Lipinski definition) is 0. The molecule has 0 saturated heterocycles. The van der Waals surface area contributed by atoms with Crippen LogP contribution in [0.5, 0.6) is 0 Å². The van der Waals surface area contributed by atoms with Gasteiger partial charge in [0.2, 0.25) is 0 Å². The van der Waals surface area contributed by atoms with Crippen LogP contribution in [-0.2, 0) is 7.05 Å². The summed E-state index contributed by atoms with van der Waals surface area (Å²) < 4.78 is 1.63. The molecular formula is C5H7N3O. The number of rotatable bonds is 1. The van der Waals surface area contributed by atoms with Gasteiger partial charge >= 0.3 is 0 Å². The first-order valence-corrected chi connectivity index (χ1v) is 2.57. The summed E-state index contributed by atoms with van der Waals surface area (Å²) in [7, 11) is 1.75. The van der Waals surface area contributed by atoms with Crippen molar-refractivity contribution >= 4 is 5.95 Å². The molecular weight excluding hydrogens is 118 g/mol. The predicted octanol–water partition coefficient (Wildman–Crippen LogP) is 1.13. The van der Waals surface area contributed by atoms with Crippen molar-refractivity contribution in [2.75, 3.05) is 0 Å². The maximum atomic E-state index is 9.91. The predicted molar refractivity (Wildman–Crippen MR) is 33.4 cm³/mol. The van der Waals surface area contributed by atoms with E-state index in [-0.39, 0.29) is 5.95 Å². The molecule has 0 bridgehead atoms. The average molecular weight is 125 g/mol. The summed E-state index contributed by atoms with van der Waals surface area (Å²) in [6.45, 7) is 1.86. The minimum atomic E-state index is 0.229. The standard InChI is InChI=1S/C5H7N3O/c1-4-3-6-5(7-9)8(4)2/h3H,1-2H3. The van der Waals surface area contributed by atoms with Crippen molar-refractivity contribution < 1.29 is 0 Å². The first-order chi connectivity index (χ1) is 4.25. The maximum absolute atomic E-state index is 9.91. The Balaban J connectivity index is 3.18. The van der Waals surface area contributed by atoms with Gasteiger partial charge in [0, 0.05) is 17.9 Å². The van der Waals surface area contributed by atoms with Crippen molar-refractivity contribution in [3.63, 3.8) is 0 Å². The molecule has 0 radical (unpaired) electrons. The van der Waals surface area contributed by atoms with Crippen molar-refractivity contribution in [1.29, 1.82) is 0 Å². The molecule has 1 rings (SSSR count). The fourth-order valence-electron chi connectivity index (χ4n) is 0.567. The molecule has 4 nitrogen and oxygen atoms in total. The monoisotopic (exact) mass is 125 g/mol. The Hall–Kier alpha value is -1.19. The van der Waals surface area contributed by atoms with Gasteiger partial charge < -0.3 is 4.57 Å². The third kappa shape index (κ3) is 0.826. The molecule has 4 heteroatoms. The number of nitroso groups, excluding NO2 is 1. The SMILES string of the molecule is Cc1cnc(N=O)n1C. The van der Waals surface area contributed by atoms with Crippen LogP contribution in [0.15, 0.2) is 11.4 Å². The summed E-state index contributed by atoms with van der Waals surface area (Å²) in [6.07, 6.45) is 1.61. The maximum Gasteiger partial charge on any atom is 0.271 e. The van der Waals surface area contributed by atoms with Crippen LogP contribution in [0.1, 0.15) is 5.69 Å². The lowest BCUT2D eigenvalue weighted by molar-refractivity contribution is 0.872. The molecule has 0 amide bonds. The first kappa shape index (κ1) is 5.94. The second-order valence-corrected chi connectivity index (χ2v) is 1.85. The molecule has 1 aromatic heterocycles. The van der Waals surface area contributed by atoms with Crippen LogP contribution in [-0.4, -0.2) is 9.55 Å². The summed E-state index contributed by atoms with van der Waals surface area (Å²) in [5, 5.41) is 2.69. The van der Waals surface area contributed by atoms with Crippen molar-refractivity contribution in [3.8, 4) is 0 Å². The van der Waals surface area contributed by atoms with Crippen molar-refractivity contribution in [3.05, 3.63) is 16.8 Å². The highest BCUT2D eigenvalue weighted by Gasteiger charge is 1.99. The Labute approximate surface area is 52.5 Å². The van der Waals surface area contributed by atoms with Gasteiger partial charge in [-0.25, -0.2) is 4.98 Å². The topological polar surface area (TPSA) is 47.2 Å². The molecule has 0 spiro atoms. The van der Waals surface area contributed by atoms with E-state index in [2.05, 4.69) is 10.2 Å². The van der Waals surface area contributed by atoms with Gasteiger partial charge in [-0.1, -0.05) is 0 Å². The lowest BCUT2D eigenvalue weighted by Crippen LogP contribution is -1.87.